The highest BCUT2D eigenvalue weighted by Gasteiger charge is 2.07. The summed E-state index contributed by atoms with van der Waals surface area (Å²) in [5.74, 6) is 0. The molecule has 2 nitrogen and oxygen atoms in total. The van der Waals surface area contributed by atoms with Gasteiger partial charge < -0.3 is 5.11 Å². The lowest BCUT2D eigenvalue weighted by atomic mass is 10.2. The van der Waals surface area contributed by atoms with Gasteiger partial charge in [0, 0.05) is 17.2 Å². The number of benzene rings is 1. The highest BCUT2D eigenvalue weighted by Crippen LogP contribution is 2.08. The summed E-state index contributed by atoms with van der Waals surface area (Å²) in [4.78, 5) is 0. The van der Waals surface area contributed by atoms with Crippen molar-refractivity contribution >= 4 is 0 Å². The average molecular weight is 214 g/mol. The molecule has 0 aliphatic rings. The Labute approximate surface area is 95.8 Å². The topological polar surface area (TPSA) is 24.1 Å². The molecule has 0 spiro atoms. The van der Waals surface area contributed by atoms with E-state index in [0.717, 1.165) is 12.1 Å². The van der Waals surface area contributed by atoms with E-state index in [2.05, 4.69) is 16.7 Å². The van der Waals surface area contributed by atoms with Crippen molar-refractivity contribution in [2.75, 3.05) is 0 Å². The van der Waals surface area contributed by atoms with Crippen LogP contribution in [-0.2, 0) is 6.54 Å². The lowest BCUT2D eigenvalue weighted by Gasteiger charge is -2.03. The maximum atomic E-state index is 9.50. The van der Waals surface area contributed by atoms with Crippen molar-refractivity contribution in [3.05, 3.63) is 66.0 Å². The molecule has 0 aliphatic heterocycles. The minimum Gasteiger partial charge on any atom is -0.388 e. The summed E-state index contributed by atoms with van der Waals surface area (Å²) >= 11 is 0. The molecule has 0 saturated carbocycles. The Morgan fingerprint density at radius 2 is 1.88 bits per heavy atom. The zero-order chi connectivity index (χ0) is 11.4. The van der Waals surface area contributed by atoms with Crippen LogP contribution in [0.15, 0.2) is 54.9 Å². The quantitative estimate of drug-likeness (QED) is 0.777. The summed E-state index contributed by atoms with van der Waals surface area (Å²) < 4.78 is 2.08. The first-order valence-corrected chi connectivity index (χ1v) is 5.47. The zero-order valence-corrected chi connectivity index (χ0v) is 9.38. The maximum absolute atomic E-state index is 9.50. The molecule has 1 aromatic carbocycles. The molecule has 82 valence electrons. The van der Waals surface area contributed by atoms with Gasteiger partial charge in [0.1, 0.15) is 0 Å². The fraction of sp³-hybridized carbons (Fsp3) is 0.214. The Bertz CT molecular complexity index is 451. The predicted octanol–water partition coefficient (Wildman–Crippen LogP) is 2.08. The van der Waals surface area contributed by atoms with Gasteiger partial charge >= 0.3 is 0 Å². The molecule has 1 atom stereocenters. The van der Waals surface area contributed by atoms with Crippen LogP contribution in [0.1, 0.15) is 24.2 Å². The van der Waals surface area contributed by atoms with Gasteiger partial charge in [-0.2, -0.15) is 0 Å². The fourth-order valence-electron chi connectivity index (χ4n) is 1.68. The second kappa shape index (κ2) is 4.90. The number of hydrogen-bond donors (Lipinski definition) is 1. The van der Waals surface area contributed by atoms with E-state index in [1.54, 1.807) is 6.92 Å². The van der Waals surface area contributed by atoms with E-state index in [1.807, 2.05) is 42.7 Å². The second-order valence-electron chi connectivity index (χ2n) is 3.97. The molecule has 1 heterocycles. The molecule has 2 rings (SSSR count). The molecule has 0 aliphatic carbocycles. The third-order valence-corrected chi connectivity index (χ3v) is 2.57. The van der Waals surface area contributed by atoms with Crippen LogP contribution < -0.4 is 4.57 Å². The first kappa shape index (κ1) is 10.8. The minimum atomic E-state index is -0.414. The van der Waals surface area contributed by atoms with Gasteiger partial charge in [0.15, 0.2) is 18.9 Å². The van der Waals surface area contributed by atoms with Crippen molar-refractivity contribution in [3.63, 3.8) is 0 Å². The predicted molar refractivity (Wildman–Crippen MR) is 62.8 cm³/mol. The molecule has 0 radical (unpaired) electrons. The van der Waals surface area contributed by atoms with Gasteiger partial charge in [-0.15, -0.1) is 0 Å². The van der Waals surface area contributed by atoms with E-state index in [-0.39, 0.29) is 0 Å². The molecule has 0 fully saturated rings. The normalized spacial score (nSPS) is 12.4. The number of nitrogens with zero attached hydrogens (tertiary/aromatic N) is 1. The molecule has 2 heteroatoms. The summed E-state index contributed by atoms with van der Waals surface area (Å²) in [5.41, 5.74) is 2.20. The van der Waals surface area contributed by atoms with Gasteiger partial charge in [0.25, 0.3) is 0 Å². The van der Waals surface area contributed by atoms with Crippen molar-refractivity contribution in [2.24, 2.45) is 0 Å². The highest BCUT2D eigenvalue weighted by atomic mass is 16.3. The molecule has 1 N–H and O–H groups in total. The van der Waals surface area contributed by atoms with Gasteiger partial charge in [-0.05, 0) is 13.0 Å². The van der Waals surface area contributed by atoms with Gasteiger partial charge in [-0.3, -0.25) is 0 Å². The molecule has 0 amide bonds. The minimum absolute atomic E-state index is 0.414. The molecular weight excluding hydrogens is 198 g/mol. The third kappa shape index (κ3) is 2.67. The van der Waals surface area contributed by atoms with Gasteiger partial charge in [0.05, 0.1) is 6.10 Å². The van der Waals surface area contributed by atoms with Crippen LogP contribution in [0.3, 0.4) is 0 Å². The fourth-order valence-corrected chi connectivity index (χ4v) is 1.68. The van der Waals surface area contributed by atoms with E-state index in [0.29, 0.717) is 0 Å². The SMILES string of the molecule is C[C@@H](O)c1ccc[n+](Cc2ccccc2)c1. The van der Waals surface area contributed by atoms with E-state index >= 15 is 0 Å². The number of pyridine rings is 1. The van der Waals surface area contributed by atoms with Crippen LogP contribution in [0.25, 0.3) is 0 Å². The number of aromatic nitrogens is 1. The van der Waals surface area contributed by atoms with Crippen LogP contribution >= 0.6 is 0 Å². The van der Waals surface area contributed by atoms with Crippen molar-refractivity contribution in [1.82, 2.24) is 0 Å². The van der Waals surface area contributed by atoms with Crippen molar-refractivity contribution in [3.8, 4) is 0 Å². The van der Waals surface area contributed by atoms with Gasteiger partial charge in [-0.1, -0.05) is 30.3 Å². The van der Waals surface area contributed by atoms with Gasteiger partial charge in [-0.25, -0.2) is 4.57 Å². The molecule has 0 saturated heterocycles. The van der Waals surface area contributed by atoms with E-state index < -0.39 is 6.10 Å². The lowest BCUT2D eigenvalue weighted by molar-refractivity contribution is -0.688. The summed E-state index contributed by atoms with van der Waals surface area (Å²) in [6, 6.07) is 14.2. The largest absolute Gasteiger partial charge is 0.388 e. The number of aliphatic hydroxyl groups is 1. The Morgan fingerprint density at radius 1 is 1.12 bits per heavy atom. The van der Waals surface area contributed by atoms with Crippen LogP contribution in [0.4, 0.5) is 0 Å². The van der Waals surface area contributed by atoms with E-state index in [1.165, 1.54) is 5.56 Å². The smallest absolute Gasteiger partial charge is 0.174 e. The Hall–Kier alpha value is -1.67. The molecule has 2 aromatic rings. The first-order valence-electron chi connectivity index (χ1n) is 5.47. The van der Waals surface area contributed by atoms with Gasteiger partial charge in [0.2, 0.25) is 0 Å². The Morgan fingerprint density at radius 3 is 2.56 bits per heavy atom. The first-order chi connectivity index (χ1) is 7.75. The van der Waals surface area contributed by atoms with Crippen LogP contribution in [0.5, 0.6) is 0 Å². The summed E-state index contributed by atoms with van der Waals surface area (Å²) in [7, 11) is 0. The monoisotopic (exact) mass is 214 g/mol. The van der Waals surface area contributed by atoms with Crippen molar-refractivity contribution in [1.29, 1.82) is 0 Å². The van der Waals surface area contributed by atoms with E-state index in [9.17, 15) is 5.11 Å². The standard InChI is InChI=1S/C14H16NO/c1-12(16)14-8-5-9-15(11-14)10-13-6-3-2-4-7-13/h2-9,11-12,16H,10H2,1H3/q+1/t12-/m1/s1. The molecular formula is C14H16NO+. The van der Waals surface area contributed by atoms with Crippen molar-refractivity contribution < 1.29 is 9.67 Å². The molecule has 1 aromatic heterocycles. The number of rotatable bonds is 3. The highest BCUT2D eigenvalue weighted by molar-refractivity contribution is 5.13. The Balaban J connectivity index is 2.19. The molecule has 16 heavy (non-hydrogen) atoms. The number of hydrogen-bond acceptors (Lipinski definition) is 1. The third-order valence-electron chi connectivity index (χ3n) is 2.57. The lowest BCUT2D eigenvalue weighted by Crippen LogP contribution is -2.34. The van der Waals surface area contributed by atoms with E-state index in [4.69, 9.17) is 0 Å². The van der Waals surface area contributed by atoms with Crippen LogP contribution in [0.2, 0.25) is 0 Å². The Kier molecular flexibility index (Phi) is 3.32. The molecule has 0 bridgehead atoms. The average Bonchev–Trinajstić information content (AvgIpc) is 2.30. The molecule has 0 unspecified atom stereocenters. The zero-order valence-electron chi connectivity index (χ0n) is 9.38. The summed E-state index contributed by atoms with van der Waals surface area (Å²) in [6.07, 6.45) is 3.58. The van der Waals surface area contributed by atoms with Crippen LogP contribution in [-0.4, -0.2) is 5.11 Å². The summed E-state index contributed by atoms with van der Waals surface area (Å²) in [5, 5.41) is 9.50. The number of aliphatic hydroxyl groups excluding tert-OH is 1. The maximum Gasteiger partial charge on any atom is 0.174 e. The van der Waals surface area contributed by atoms with Crippen LogP contribution in [0, 0.1) is 0 Å². The van der Waals surface area contributed by atoms with Crippen molar-refractivity contribution in [2.45, 2.75) is 19.6 Å². The summed E-state index contributed by atoms with van der Waals surface area (Å²) in [6.45, 7) is 2.61. The second-order valence-corrected chi connectivity index (χ2v) is 3.97.